The Labute approximate surface area is 89.2 Å². The smallest absolute Gasteiger partial charge is 0.341 e. The molecule has 0 atom stereocenters. The highest BCUT2D eigenvalue weighted by molar-refractivity contribution is 6.69. The molecule has 74 valence electrons. The van der Waals surface area contributed by atoms with Crippen LogP contribution in [0.5, 0.6) is 0 Å². The largest absolute Gasteiger partial charge is 0.477 e. The third-order valence-electron chi connectivity index (χ3n) is 1.14. The average Bonchev–Trinajstić information content (AvgIpc) is 1.82. The molecule has 0 spiro atoms. The number of carbonyl (C=O) groups excluding carboxylic acids is 1. The van der Waals surface area contributed by atoms with Gasteiger partial charge >= 0.3 is 5.97 Å². The average molecular weight is 246 g/mol. The maximum Gasteiger partial charge on any atom is 0.341 e. The van der Waals surface area contributed by atoms with Crippen LogP contribution in [-0.4, -0.2) is 20.7 Å². The summed E-state index contributed by atoms with van der Waals surface area (Å²) in [6.45, 7) is 1.02. The summed E-state index contributed by atoms with van der Waals surface area (Å²) in [7, 11) is 0. The van der Waals surface area contributed by atoms with Gasteiger partial charge in [0.2, 0.25) is 3.79 Å². The van der Waals surface area contributed by atoms with Crippen molar-refractivity contribution >= 4 is 46.6 Å². The molecule has 0 amide bonds. The summed E-state index contributed by atoms with van der Waals surface area (Å²) in [5.74, 6) is -2.28. The lowest BCUT2D eigenvalue weighted by Crippen LogP contribution is -2.25. The van der Waals surface area contributed by atoms with Gasteiger partial charge in [0.15, 0.2) is 5.78 Å². The molecular formula is C6H6Cl3NO3. The van der Waals surface area contributed by atoms with Gasteiger partial charge < -0.3 is 10.8 Å². The van der Waals surface area contributed by atoms with Crippen molar-refractivity contribution in [2.75, 3.05) is 0 Å². The van der Waals surface area contributed by atoms with Crippen LogP contribution in [0.25, 0.3) is 0 Å². The second kappa shape index (κ2) is 4.17. The molecular weight excluding hydrogens is 240 g/mol. The fraction of sp³-hybridized carbons (Fsp3) is 0.333. The van der Waals surface area contributed by atoms with Crippen LogP contribution in [0.15, 0.2) is 11.3 Å². The first-order chi connectivity index (χ1) is 5.68. The van der Waals surface area contributed by atoms with E-state index in [2.05, 4.69) is 0 Å². The Kier molecular flexibility index (Phi) is 4.03. The van der Waals surface area contributed by atoms with Gasteiger partial charge in [-0.05, 0) is 6.92 Å². The summed E-state index contributed by atoms with van der Waals surface area (Å²) in [5.41, 5.74) is 3.89. The molecule has 0 bridgehead atoms. The molecule has 0 fully saturated rings. The topological polar surface area (TPSA) is 80.4 Å². The summed E-state index contributed by atoms with van der Waals surface area (Å²) < 4.78 is -2.08. The molecule has 0 aromatic heterocycles. The molecule has 0 aliphatic carbocycles. The predicted molar refractivity (Wildman–Crippen MR) is 49.8 cm³/mol. The lowest BCUT2D eigenvalue weighted by atomic mass is 10.1. The van der Waals surface area contributed by atoms with Gasteiger partial charge in [-0.1, -0.05) is 34.8 Å². The van der Waals surface area contributed by atoms with E-state index < -0.39 is 26.8 Å². The van der Waals surface area contributed by atoms with Crippen LogP contribution in [0.1, 0.15) is 6.92 Å². The molecule has 0 radical (unpaired) electrons. The first kappa shape index (κ1) is 12.6. The van der Waals surface area contributed by atoms with Crippen LogP contribution < -0.4 is 5.73 Å². The Hall–Kier alpha value is -0.450. The number of aliphatic carboxylic acids is 1. The number of allylic oxidation sites excluding steroid dienone is 1. The van der Waals surface area contributed by atoms with Gasteiger partial charge in [0.25, 0.3) is 0 Å². The van der Waals surface area contributed by atoms with Crippen molar-refractivity contribution in [1.29, 1.82) is 0 Å². The molecule has 0 aliphatic heterocycles. The number of carboxylic acid groups (broad SMARTS) is 1. The Balaban J connectivity index is 5.36. The van der Waals surface area contributed by atoms with E-state index in [4.69, 9.17) is 45.6 Å². The zero-order chi connectivity index (χ0) is 10.8. The normalized spacial score (nSPS) is 13.5. The number of nitrogens with two attached hydrogens (primary N) is 1. The van der Waals surface area contributed by atoms with Crippen molar-refractivity contribution in [2.24, 2.45) is 5.73 Å². The van der Waals surface area contributed by atoms with Gasteiger partial charge in [-0.3, -0.25) is 4.79 Å². The number of ketones is 1. The molecule has 0 aliphatic rings. The minimum atomic E-state index is -2.08. The summed E-state index contributed by atoms with van der Waals surface area (Å²) in [5, 5.41) is 8.54. The molecule has 0 unspecified atom stereocenters. The van der Waals surface area contributed by atoms with E-state index in [9.17, 15) is 9.59 Å². The van der Waals surface area contributed by atoms with Crippen molar-refractivity contribution in [1.82, 2.24) is 0 Å². The fourth-order valence-electron chi connectivity index (χ4n) is 0.597. The second-order valence-corrected chi connectivity index (χ2v) is 4.43. The lowest BCUT2D eigenvalue weighted by Gasteiger charge is -2.13. The van der Waals surface area contributed by atoms with Crippen LogP contribution in [0, 0.1) is 0 Å². The van der Waals surface area contributed by atoms with E-state index in [1.807, 2.05) is 0 Å². The highest BCUT2D eigenvalue weighted by atomic mass is 35.6. The highest BCUT2D eigenvalue weighted by Gasteiger charge is 2.31. The summed E-state index contributed by atoms with van der Waals surface area (Å²) in [4.78, 5) is 21.3. The molecule has 13 heavy (non-hydrogen) atoms. The number of rotatable bonds is 2. The second-order valence-electron chi connectivity index (χ2n) is 2.15. The number of hydrogen-bond acceptors (Lipinski definition) is 3. The van der Waals surface area contributed by atoms with Crippen LogP contribution in [-0.2, 0) is 9.59 Å². The van der Waals surface area contributed by atoms with E-state index >= 15 is 0 Å². The Bertz CT molecular complexity index is 263. The van der Waals surface area contributed by atoms with Crippen molar-refractivity contribution in [3.05, 3.63) is 11.3 Å². The number of halogens is 3. The number of carboxylic acids is 1. The fourth-order valence-corrected chi connectivity index (χ4v) is 0.881. The monoisotopic (exact) mass is 245 g/mol. The Morgan fingerprint density at radius 2 is 1.69 bits per heavy atom. The minimum Gasteiger partial charge on any atom is -0.477 e. The number of hydrogen-bond donors (Lipinski definition) is 2. The first-order valence-corrected chi connectivity index (χ1v) is 4.12. The summed E-state index contributed by atoms with van der Waals surface area (Å²) in [6, 6.07) is 0. The van der Waals surface area contributed by atoms with E-state index in [0.717, 1.165) is 6.92 Å². The van der Waals surface area contributed by atoms with Gasteiger partial charge in [0, 0.05) is 0 Å². The van der Waals surface area contributed by atoms with Crippen LogP contribution in [0.4, 0.5) is 0 Å². The SMILES string of the molecule is CC(=O)C(C(=O)O)=C(N)C(Cl)(Cl)Cl. The van der Waals surface area contributed by atoms with Crippen molar-refractivity contribution in [3.8, 4) is 0 Å². The number of carbonyl (C=O) groups is 2. The quantitative estimate of drug-likeness (QED) is 0.332. The molecule has 0 saturated carbocycles. The maximum absolute atomic E-state index is 10.8. The lowest BCUT2D eigenvalue weighted by molar-refractivity contribution is -0.134. The molecule has 4 nitrogen and oxygen atoms in total. The molecule has 3 N–H and O–H groups in total. The molecule has 7 heteroatoms. The zero-order valence-electron chi connectivity index (χ0n) is 6.47. The van der Waals surface area contributed by atoms with E-state index in [0.29, 0.717) is 0 Å². The Morgan fingerprint density at radius 3 is 1.77 bits per heavy atom. The highest BCUT2D eigenvalue weighted by Crippen LogP contribution is 2.33. The van der Waals surface area contributed by atoms with Gasteiger partial charge in [0.05, 0.1) is 5.70 Å². The van der Waals surface area contributed by atoms with Crippen LogP contribution in [0.2, 0.25) is 0 Å². The van der Waals surface area contributed by atoms with Gasteiger partial charge in [-0.2, -0.15) is 0 Å². The molecule has 0 rings (SSSR count). The molecule has 0 aromatic rings. The van der Waals surface area contributed by atoms with Crippen LogP contribution >= 0.6 is 34.8 Å². The predicted octanol–water partition coefficient (Wildman–Crippen LogP) is 1.24. The molecule has 0 heterocycles. The van der Waals surface area contributed by atoms with E-state index in [1.54, 1.807) is 0 Å². The number of Topliss-reactive ketones (excluding diaryl/α,β-unsaturated/α-hetero) is 1. The number of alkyl halides is 3. The van der Waals surface area contributed by atoms with Crippen molar-refractivity contribution < 1.29 is 14.7 Å². The third kappa shape index (κ3) is 3.42. The zero-order valence-corrected chi connectivity index (χ0v) is 8.74. The molecule has 0 saturated heterocycles. The third-order valence-corrected chi connectivity index (χ3v) is 1.75. The molecule has 0 aromatic carbocycles. The van der Waals surface area contributed by atoms with Gasteiger partial charge in [0.1, 0.15) is 5.57 Å². The first-order valence-electron chi connectivity index (χ1n) is 2.99. The minimum absolute atomic E-state index is 0.586. The van der Waals surface area contributed by atoms with Crippen molar-refractivity contribution in [2.45, 2.75) is 10.7 Å². The van der Waals surface area contributed by atoms with Gasteiger partial charge in [-0.25, -0.2) is 4.79 Å². The Morgan fingerprint density at radius 1 is 1.31 bits per heavy atom. The standard InChI is InChI=1S/C6H6Cl3NO3/c1-2(11)3(5(12)13)4(10)6(7,8)9/h10H2,1H3,(H,12,13). The summed E-state index contributed by atoms with van der Waals surface area (Å²) >= 11 is 15.9. The van der Waals surface area contributed by atoms with E-state index in [1.165, 1.54) is 0 Å². The van der Waals surface area contributed by atoms with E-state index in [-0.39, 0.29) is 0 Å². The van der Waals surface area contributed by atoms with Crippen molar-refractivity contribution in [3.63, 3.8) is 0 Å². The summed E-state index contributed by atoms with van der Waals surface area (Å²) in [6.07, 6.45) is 0. The van der Waals surface area contributed by atoms with Gasteiger partial charge in [-0.15, -0.1) is 0 Å². The maximum atomic E-state index is 10.8. The van der Waals surface area contributed by atoms with Crippen LogP contribution in [0.3, 0.4) is 0 Å².